The molecule has 0 aliphatic carbocycles. The van der Waals surface area contributed by atoms with Gasteiger partial charge in [0.05, 0.1) is 5.60 Å². The summed E-state index contributed by atoms with van der Waals surface area (Å²) in [6.07, 6.45) is 3.47. The van der Waals surface area contributed by atoms with Crippen molar-refractivity contribution in [1.29, 1.82) is 0 Å². The van der Waals surface area contributed by atoms with Crippen LogP contribution in [-0.2, 0) is 4.74 Å². The summed E-state index contributed by atoms with van der Waals surface area (Å²) in [6.45, 7) is 8.64. The van der Waals surface area contributed by atoms with Gasteiger partial charge in [-0.1, -0.05) is 60.7 Å². The topological polar surface area (TPSA) is 21.3 Å². The van der Waals surface area contributed by atoms with E-state index in [0.717, 1.165) is 26.0 Å². The summed E-state index contributed by atoms with van der Waals surface area (Å²) in [7, 11) is 0. The van der Waals surface area contributed by atoms with Gasteiger partial charge in [0.25, 0.3) is 0 Å². The van der Waals surface area contributed by atoms with Crippen LogP contribution in [0.5, 0.6) is 0 Å². The van der Waals surface area contributed by atoms with Crippen LogP contribution in [0, 0.1) is 5.92 Å². The van der Waals surface area contributed by atoms with Crippen LogP contribution < -0.4 is 5.32 Å². The van der Waals surface area contributed by atoms with Gasteiger partial charge in [-0.05, 0) is 69.5 Å². The summed E-state index contributed by atoms with van der Waals surface area (Å²) >= 11 is 0. The first kappa shape index (κ1) is 19.1. The Morgan fingerprint density at radius 1 is 1.00 bits per heavy atom. The lowest BCUT2D eigenvalue weighted by molar-refractivity contribution is -0.0772. The summed E-state index contributed by atoms with van der Waals surface area (Å²) in [6, 6.07) is 22.2. The molecular weight excluding hydrogens is 318 g/mol. The molecule has 1 heterocycles. The zero-order valence-corrected chi connectivity index (χ0v) is 16.4. The van der Waals surface area contributed by atoms with Crippen molar-refractivity contribution in [3.05, 3.63) is 71.8 Å². The average molecular weight is 352 g/mol. The second kappa shape index (κ2) is 8.83. The summed E-state index contributed by atoms with van der Waals surface area (Å²) in [4.78, 5) is 0. The van der Waals surface area contributed by atoms with E-state index < -0.39 is 0 Å². The van der Waals surface area contributed by atoms with Crippen LogP contribution in [0.15, 0.2) is 60.7 Å². The molecule has 1 fully saturated rings. The molecule has 2 nitrogen and oxygen atoms in total. The van der Waals surface area contributed by atoms with E-state index in [4.69, 9.17) is 4.74 Å². The number of hydrogen-bond donors (Lipinski definition) is 1. The van der Waals surface area contributed by atoms with Crippen molar-refractivity contribution in [2.75, 3.05) is 13.2 Å². The number of benzene rings is 2. The van der Waals surface area contributed by atoms with Gasteiger partial charge >= 0.3 is 0 Å². The highest BCUT2D eigenvalue weighted by Crippen LogP contribution is 2.39. The van der Waals surface area contributed by atoms with Gasteiger partial charge in [0.15, 0.2) is 0 Å². The van der Waals surface area contributed by atoms with Gasteiger partial charge in [-0.25, -0.2) is 0 Å². The summed E-state index contributed by atoms with van der Waals surface area (Å²) in [5.41, 5.74) is 2.83. The Hall–Kier alpha value is -1.64. The molecule has 1 aliphatic heterocycles. The van der Waals surface area contributed by atoms with E-state index in [-0.39, 0.29) is 5.60 Å². The van der Waals surface area contributed by atoms with Crippen molar-refractivity contribution in [3.8, 4) is 0 Å². The lowest BCUT2D eigenvalue weighted by Gasteiger charge is -2.39. The number of hydrogen-bond acceptors (Lipinski definition) is 2. The van der Waals surface area contributed by atoms with Crippen LogP contribution in [0.2, 0.25) is 0 Å². The number of ether oxygens (including phenoxy) is 1. The Bertz CT molecular complexity index is 652. The van der Waals surface area contributed by atoms with Crippen LogP contribution in [0.4, 0.5) is 0 Å². The van der Waals surface area contributed by atoms with Crippen molar-refractivity contribution in [2.45, 2.75) is 57.6 Å². The molecule has 1 saturated heterocycles. The Morgan fingerprint density at radius 3 is 2.23 bits per heavy atom. The smallest absolute Gasteiger partial charge is 0.0629 e. The van der Waals surface area contributed by atoms with Gasteiger partial charge in [0.2, 0.25) is 0 Å². The van der Waals surface area contributed by atoms with Crippen molar-refractivity contribution in [1.82, 2.24) is 5.32 Å². The molecule has 0 saturated carbocycles. The monoisotopic (exact) mass is 351 g/mol. The zero-order chi connectivity index (χ0) is 18.4. The van der Waals surface area contributed by atoms with Gasteiger partial charge in [-0.15, -0.1) is 0 Å². The van der Waals surface area contributed by atoms with Crippen molar-refractivity contribution in [3.63, 3.8) is 0 Å². The van der Waals surface area contributed by atoms with Gasteiger partial charge in [0.1, 0.15) is 0 Å². The fourth-order valence-electron chi connectivity index (χ4n) is 4.31. The van der Waals surface area contributed by atoms with Crippen LogP contribution >= 0.6 is 0 Å². The highest BCUT2D eigenvalue weighted by atomic mass is 16.5. The van der Waals surface area contributed by atoms with E-state index in [1.54, 1.807) is 0 Å². The first-order chi connectivity index (χ1) is 12.6. The van der Waals surface area contributed by atoms with E-state index >= 15 is 0 Å². The molecule has 2 heteroatoms. The Kier molecular flexibility index (Phi) is 6.50. The standard InChI is InChI=1S/C24H33NO/c1-19(20-10-6-4-7-11-20)25-16-14-23(21-12-8-5-9-13-21)22-15-17-26-24(2,3)18-22/h4-13,19,22-23,25H,14-18H2,1-3H3. The zero-order valence-electron chi connectivity index (χ0n) is 16.4. The van der Waals surface area contributed by atoms with Crippen molar-refractivity contribution in [2.24, 2.45) is 5.92 Å². The van der Waals surface area contributed by atoms with E-state index in [1.165, 1.54) is 17.5 Å². The molecule has 3 atom stereocenters. The van der Waals surface area contributed by atoms with Crippen LogP contribution in [-0.4, -0.2) is 18.8 Å². The first-order valence-corrected chi connectivity index (χ1v) is 10.0. The summed E-state index contributed by atoms with van der Waals surface area (Å²) in [5.74, 6) is 1.28. The molecule has 2 aromatic carbocycles. The van der Waals surface area contributed by atoms with E-state index in [2.05, 4.69) is 86.8 Å². The molecule has 3 rings (SSSR count). The van der Waals surface area contributed by atoms with Crippen LogP contribution in [0.25, 0.3) is 0 Å². The molecule has 0 radical (unpaired) electrons. The molecule has 0 amide bonds. The third-order valence-electron chi connectivity index (χ3n) is 5.74. The lowest BCUT2D eigenvalue weighted by atomic mass is 9.75. The highest BCUT2D eigenvalue weighted by molar-refractivity contribution is 5.21. The molecule has 2 aromatic rings. The van der Waals surface area contributed by atoms with E-state index in [9.17, 15) is 0 Å². The summed E-state index contributed by atoms with van der Waals surface area (Å²) < 4.78 is 5.97. The van der Waals surface area contributed by atoms with Crippen molar-refractivity contribution < 1.29 is 4.74 Å². The Labute approximate surface area is 159 Å². The van der Waals surface area contributed by atoms with Crippen molar-refractivity contribution >= 4 is 0 Å². The maximum absolute atomic E-state index is 5.97. The van der Waals surface area contributed by atoms with E-state index in [1.807, 2.05) is 0 Å². The highest BCUT2D eigenvalue weighted by Gasteiger charge is 2.33. The predicted octanol–water partition coefficient (Wildman–Crippen LogP) is 5.72. The molecule has 1 aliphatic rings. The minimum Gasteiger partial charge on any atom is -0.376 e. The largest absolute Gasteiger partial charge is 0.376 e. The van der Waals surface area contributed by atoms with Gasteiger partial charge in [-0.3, -0.25) is 0 Å². The predicted molar refractivity (Wildman–Crippen MR) is 109 cm³/mol. The average Bonchev–Trinajstić information content (AvgIpc) is 2.65. The van der Waals surface area contributed by atoms with Crippen LogP contribution in [0.3, 0.4) is 0 Å². The van der Waals surface area contributed by atoms with Gasteiger partial charge in [0, 0.05) is 12.6 Å². The molecule has 0 bridgehead atoms. The van der Waals surface area contributed by atoms with Gasteiger partial charge in [-0.2, -0.15) is 0 Å². The molecule has 3 unspecified atom stereocenters. The third kappa shape index (κ3) is 5.18. The normalized spacial score (nSPS) is 21.9. The second-order valence-electron chi connectivity index (χ2n) is 8.25. The maximum Gasteiger partial charge on any atom is 0.0629 e. The minimum absolute atomic E-state index is 0.000700. The fraction of sp³-hybridized carbons (Fsp3) is 0.500. The minimum atomic E-state index is 0.000700. The SMILES string of the molecule is CC(NCCC(c1ccccc1)C1CCOC(C)(C)C1)c1ccccc1. The molecule has 140 valence electrons. The molecule has 1 N–H and O–H groups in total. The molecular formula is C24H33NO. The fourth-order valence-corrected chi connectivity index (χ4v) is 4.31. The lowest BCUT2D eigenvalue weighted by Crippen LogP contribution is -2.37. The van der Waals surface area contributed by atoms with Crippen LogP contribution in [0.1, 0.15) is 63.1 Å². The number of nitrogens with one attached hydrogen (secondary N) is 1. The van der Waals surface area contributed by atoms with Gasteiger partial charge < -0.3 is 10.1 Å². The third-order valence-corrected chi connectivity index (χ3v) is 5.74. The maximum atomic E-state index is 5.97. The Balaban J connectivity index is 1.64. The quantitative estimate of drug-likeness (QED) is 0.689. The summed E-state index contributed by atoms with van der Waals surface area (Å²) in [5, 5.41) is 3.73. The first-order valence-electron chi connectivity index (χ1n) is 10.0. The molecule has 26 heavy (non-hydrogen) atoms. The number of rotatable bonds is 7. The van der Waals surface area contributed by atoms with E-state index in [0.29, 0.717) is 17.9 Å². The molecule has 0 spiro atoms. The molecule has 0 aromatic heterocycles. The Morgan fingerprint density at radius 2 is 1.62 bits per heavy atom. The second-order valence-corrected chi connectivity index (χ2v) is 8.25.